The van der Waals surface area contributed by atoms with E-state index >= 15 is 0 Å². The monoisotopic (exact) mass is 450 g/mol. The molecule has 158 valence electrons. The van der Waals surface area contributed by atoms with Crippen molar-refractivity contribution < 1.29 is 23.4 Å². The third-order valence-electron chi connectivity index (χ3n) is 4.79. The van der Waals surface area contributed by atoms with E-state index < -0.39 is 17.8 Å². The molecular formula is C21H20ClFN2O4S. The molecule has 0 aromatic heterocycles. The Kier molecular flexibility index (Phi) is 6.48. The molecular weight excluding hydrogens is 431 g/mol. The molecule has 30 heavy (non-hydrogen) atoms. The molecule has 1 atom stereocenters. The summed E-state index contributed by atoms with van der Waals surface area (Å²) in [7, 11) is 4.38. The number of hydrogen-bond acceptors (Lipinski definition) is 5. The molecule has 0 spiro atoms. The molecule has 0 bridgehead atoms. The van der Waals surface area contributed by atoms with Gasteiger partial charge in [-0.05, 0) is 55.0 Å². The predicted molar refractivity (Wildman–Crippen MR) is 117 cm³/mol. The molecule has 6 nitrogen and oxygen atoms in total. The molecule has 1 N–H and O–H groups in total. The van der Waals surface area contributed by atoms with E-state index in [9.17, 15) is 9.18 Å². The summed E-state index contributed by atoms with van der Waals surface area (Å²) in [4.78, 5) is 14.3. The molecule has 1 aliphatic rings. The van der Waals surface area contributed by atoms with Crippen LogP contribution in [0.1, 0.15) is 18.5 Å². The average molecular weight is 451 g/mol. The van der Waals surface area contributed by atoms with Crippen LogP contribution in [0.3, 0.4) is 0 Å². The number of esters is 1. The number of ether oxygens (including phenoxy) is 3. The van der Waals surface area contributed by atoms with Crippen LogP contribution in [0.4, 0.5) is 10.1 Å². The SMILES string of the molecule is COC(=O)C1=C(C)N(c2ccc(F)c(Cl)c2)C(=S)NC1c1ccc(OC)c(OC)c1. The van der Waals surface area contributed by atoms with Crippen LogP contribution in [-0.4, -0.2) is 32.4 Å². The Bertz CT molecular complexity index is 1040. The molecule has 0 aliphatic carbocycles. The minimum Gasteiger partial charge on any atom is -0.493 e. The maximum Gasteiger partial charge on any atom is 0.337 e. The number of nitrogens with zero attached hydrogens (tertiary/aromatic N) is 1. The van der Waals surface area contributed by atoms with Crippen LogP contribution in [0.2, 0.25) is 5.02 Å². The number of allylic oxidation sites excluding steroid dienone is 1. The zero-order valence-electron chi connectivity index (χ0n) is 16.8. The van der Waals surface area contributed by atoms with E-state index in [-0.39, 0.29) is 5.02 Å². The van der Waals surface area contributed by atoms with E-state index in [1.807, 2.05) is 6.07 Å². The second kappa shape index (κ2) is 8.89. The van der Waals surface area contributed by atoms with Gasteiger partial charge in [0.2, 0.25) is 0 Å². The van der Waals surface area contributed by atoms with Crippen molar-refractivity contribution in [3.63, 3.8) is 0 Å². The van der Waals surface area contributed by atoms with Crippen LogP contribution < -0.4 is 19.7 Å². The van der Waals surface area contributed by atoms with Crippen molar-refractivity contribution in [3.05, 3.63) is 64.1 Å². The van der Waals surface area contributed by atoms with Gasteiger partial charge in [0.25, 0.3) is 0 Å². The van der Waals surface area contributed by atoms with Crippen LogP contribution in [0.15, 0.2) is 47.7 Å². The van der Waals surface area contributed by atoms with Crippen molar-refractivity contribution in [1.29, 1.82) is 0 Å². The number of hydrogen-bond donors (Lipinski definition) is 1. The lowest BCUT2D eigenvalue weighted by molar-refractivity contribution is -0.136. The fourth-order valence-electron chi connectivity index (χ4n) is 3.33. The van der Waals surface area contributed by atoms with Gasteiger partial charge in [0.05, 0.1) is 38.0 Å². The third-order valence-corrected chi connectivity index (χ3v) is 5.38. The highest BCUT2D eigenvalue weighted by Crippen LogP contribution is 2.38. The predicted octanol–water partition coefficient (Wildman–Crippen LogP) is 4.38. The number of thiocarbonyl (C=S) groups is 1. The molecule has 2 aromatic carbocycles. The standard InChI is InChI=1S/C21H20ClFN2O4S/c1-11-18(20(26)29-4)19(12-5-8-16(27-2)17(9-12)28-3)24-21(30)25(11)13-6-7-15(23)14(22)10-13/h5-10,19H,1-4H3,(H,24,30). The summed E-state index contributed by atoms with van der Waals surface area (Å²) in [5.74, 6) is -0.00491. The van der Waals surface area contributed by atoms with Crippen molar-refractivity contribution in [2.45, 2.75) is 13.0 Å². The summed E-state index contributed by atoms with van der Waals surface area (Å²) in [6.45, 7) is 1.74. The number of anilines is 1. The first-order valence-corrected chi connectivity index (χ1v) is 9.67. The van der Waals surface area contributed by atoms with Crippen LogP contribution in [-0.2, 0) is 9.53 Å². The van der Waals surface area contributed by atoms with E-state index in [1.165, 1.54) is 32.4 Å². The lowest BCUT2D eigenvalue weighted by atomic mass is 9.94. The molecule has 9 heteroatoms. The number of benzene rings is 2. The highest BCUT2D eigenvalue weighted by Gasteiger charge is 2.35. The first kappa shape index (κ1) is 21.9. The summed E-state index contributed by atoms with van der Waals surface area (Å²) in [5.41, 5.74) is 2.13. The fourth-order valence-corrected chi connectivity index (χ4v) is 3.87. The normalized spacial score (nSPS) is 16.3. The van der Waals surface area contributed by atoms with Gasteiger partial charge < -0.3 is 19.5 Å². The Morgan fingerprint density at radius 2 is 1.83 bits per heavy atom. The first-order valence-electron chi connectivity index (χ1n) is 8.89. The van der Waals surface area contributed by atoms with Crippen LogP contribution in [0, 0.1) is 5.82 Å². The molecule has 0 saturated carbocycles. The Balaban J connectivity index is 2.15. The lowest BCUT2D eigenvalue weighted by Gasteiger charge is -2.37. The minimum absolute atomic E-state index is 0.0512. The smallest absolute Gasteiger partial charge is 0.337 e. The van der Waals surface area contributed by atoms with Gasteiger partial charge in [-0.3, -0.25) is 4.90 Å². The largest absolute Gasteiger partial charge is 0.493 e. The van der Waals surface area contributed by atoms with Crippen molar-refractivity contribution in [3.8, 4) is 11.5 Å². The van der Waals surface area contributed by atoms with Crippen molar-refractivity contribution in [2.24, 2.45) is 0 Å². The molecule has 0 fully saturated rings. The Labute approximate surface area is 184 Å². The summed E-state index contributed by atoms with van der Waals surface area (Å²) < 4.78 is 29.3. The van der Waals surface area contributed by atoms with Crippen LogP contribution in [0.25, 0.3) is 0 Å². The zero-order chi connectivity index (χ0) is 22.0. The minimum atomic E-state index is -0.586. The number of rotatable bonds is 5. The van der Waals surface area contributed by atoms with Gasteiger partial charge >= 0.3 is 5.97 Å². The Morgan fingerprint density at radius 3 is 2.43 bits per heavy atom. The van der Waals surface area contributed by atoms with Crippen LogP contribution >= 0.6 is 23.8 Å². The van der Waals surface area contributed by atoms with E-state index in [2.05, 4.69) is 5.32 Å². The maximum absolute atomic E-state index is 13.6. The van der Waals surface area contributed by atoms with E-state index in [0.29, 0.717) is 33.6 Å². The maximum atomic E-state index is 13.6. The van der Waals surface area contributed by atoms with Gasteiger partial charge in [-0.25, -0.2) is 9.18 Å². The molecule has 1 aliphatic heterocycles. The van der Waals surface area contributed by atoms with Crippen molar-refractivity contribution >= 4 is 40.6 Å². The Morgan fingerprint density at radius 1 is 1.13 bits per heavy atom. The number of carbonyl (C=O) groups excluding carboxylic acids is 1. The van der Waals surface area contributed by atoms with Crippen molar-refractivity contribution in [2.75, 3.05) is 26.2 Å². The number of methoxy groups -OCH3 is 3. The number of halogens is 2. The highest BCUT2D eigenvalue weighted by atomic mass is 35.5. The molecule has 0 amide bonds. The Hall–Kier alpha value is -2.84. The highest BCUT2D eigenvalue weighted by molar-refractivity contribution is 7.80. The third kappa shape index (κ3) is 3.93. The van der Waals surface area contributed by atoms with Gasteiger partial charge in [0.15, 0.2) is 16.6 Å². The van der Waals surface area contributed by atoms with Crippen LogP contribution in [0.5, 0.6) is 11.5 Å². The molecule has 2 aromatic rings. The summed E-state index contributed by atoms with van der Waals surface area (Å²) >= 11 is 11.5. The van der Waals surface area contributed by atoms with Gasteiger partial charge in [0, 0.05) is 11.4 Å². The lowest BCUT2D eigenvalue weighted by Crippen LogP contribution is -2.48. The van der Waals surface area contributed by atoms with E-state index in [0.717, 1.165) is 5.56 Å². The molecule has 0 saturated heterocycles. The first-order chi connectivity index (χ1) is 14.3. The van der Waals surface area contributed by atoms with Crippen molar-refractivity contribution in [1.82, 2.24) is 5.32 Å². The van der Waals surface area contributed by atoms with Gasteiger partial charge in [0.1, 0.15) is 5.82 Å². The fraction of sp³-hybridized carbons (Fsp3) is 0.238. The summed E-state index contributed by atoms with van der Waals surface area (Å²) in [6, 6.07) is 8.95. The second-order valence-electron chi connectivity index (χ2n) is 6.42. The second-order valence-corrected chi connectivity index (χ2v) is 7.22. The summed E-state index contributed by atoms with van der Waals surface area (Å²) in [5, 5.41) is 3.44. The van der Waals surface area contributed by atoms with Gasteiger partial charge in [-0.2, -0.15) is 0 Å². The molecule has 0 radical (unpaired) electrons. The number of nitrogens with one attached hydrogen (secondary N) is 1. The molecule has 1 heterocycles. The van der Waals surface area contributed by atoms with Gasteiger partial charge in [-0.1, -0.05) is 17.7 Å². The quantitative estimate of drug-likeness (QED) is 0.535. The zero-order valence-corrected chi connectivity index (χ0v) is 18.4. The van der Waals surface area contributed by atoms with Gasteiger partial charge in [-0.15, -0.1) is 0 Å². The summed E-state index contributed by atoms with van der Waals surface area (Å²) in [6.07, 6.45) is 0. The average Bonchev–Trinajstić information content (AvgIpc) is 2.74. The molecule has 3 rings (SSSR count). The van der Waals surface area contributed by atoms with E-state index in [4.69, 9.17) is 38.0 Å². The van der Waals surface area contributed by atoms with E-state index in [1.54, 1.807) is 31.1 Å². The number of carbonyl (C=O) groups is 1. The topological polar surface area (TPSA) is 60.0 Å². The molecule has 1 unspecified atom stereocenters.